The van der Waals surface area contributed by atoms with Crippen LogP contribution in [0.2, 0.25) is 0 Å². The second kappa shape index (κ2) is 9.00. The van der Waals surface area contributed by atoms with Gasteiger partial charge in [-0.25, -0.2) is 15.0 Å². The first-order valence-corrected chi connectivity index (χ1v) is 9.67. The van der Waals surface area contributed by atoms with Crippen molar-refractivity contribution in [2.45, 2.75) is 13.0 Å². The van der Waals surface area contributed by atoms with Crippen molar-refractivity contribution in [3.63, 3.8) is 0 Å². The summed E-state index contributed by atoms with van der Waals surface area (Å²) >= 11 is 0. The van der Waals surface area contributed by atoms with E-state index in [1.165, 1.54) is 6.33 Å². The minimum absolute atomic E-state index is 0.0699. The molecule has 2 aromatic carbocycles. The quantitative estimate of drug-likeness (QED) is 0.324. The first-order valence-electron chi connectivity index (χ1n) is 9.67. The van der Waals surface area contributed by atoms with Crippen LogP contribution in [0.25, 0.3) is 0 Å². The van der Waals surface area contributed by atoms with E-state index in [1.807, 2.05) is 73.7 Å². The van der Waals surface area contributed by atoms with Crippen LogP contribution in [0.4, 0.5) is 23.1 Å². The van der Waals surface area contributed by atoms with Crippen molar-refractivity contribution in [1.29, 1.82) is 0 Å². The van der Waals surface area contributed by atoms with Crippen LogP contribution in [0.1, 0.15) is 22.7 Å². The van der Waals surface area contributed by atoms with Gasteiger partial charge in [0.25, 0.3) is 0 Å². The Bertz CT molecular complexity index is 1150. The Balaban J connectivity index is 1.75. The third-order valence-electron chi connectivity index (χ3n) is 4.71. The number of rotatable bonds is 7. The largest absolute Gasteiger partial charge is 0.353 e. The molecule has 0 unspecified atom stereocenters. The van der Waals surface area contributed by atoms with Gasteiger partial charge in [-0.3, -0.25) is 10.1 Å². The summed E-state index contributed by atoms with van der Waals surface area (Å²) in [5, 5.41) is 18.2. The lowest BCUT2D eigenvalue weighted by Gasteiger charge is -2.20. The van der Waals surface area contributed by atoms with Crippen molar-refractivity contribution >= 4 is 23.1 Å². The van der Waals surface area contributed by atoms with Crippen LogP contribution in [0.15, 0.2) is 85.3 Å². The van der Waals surface area contributed by atoms with Gasteiger partial charge in [0.2, 0.25) is 11.6 Å². The number of nitrogens with one attached hydrogen (secondary N) is 2. The highest BCUT2D eigenvalue weighted by molar-refractivity contribution is 5.73. The Labute approximate surface area is 179 Å². The van der Waals surface area contributed by atoms with Crippen LogP contribution < -0.4 is 10.6 Å². The minimum atomic E-state index is -0.493. The molecule has 154 valence electrons. The van der Waals surface area contributed by atoms with Gasteiger partial charge in [0.15, 0.2) is 0 Å². The zero-order valence-electron chi connectivity index (χ0n) is 16.8. The number of benzene rings is 2. The molecule has 0 radical (unpaired) electrons. The predicted octanol–water partition coefficient (Wildman–Crippen LogP) is 5.03. The smallest absolute Gasteiger partial charge is 0.353 e. The highest BCUT2D eigenvalue weighted by Crippen LogP contribution is 2.34. The fourth-order valence-electron chi connectivity index (χ4n) is 3.26. The molecule has 0 amide bonds. The van der Waals surface area contributed by atoms with Crippen molar-refractivity contribution in [3.05, 3.63) is 112 Å². The SMILES string of the molecule is Cc1ccnc(Nc2ncnc(NC(c3ccccc3)c3ccccc3)c2[N+](=O)[O-])c1. The van der Waals surface area contributed by atoms with Gasteiger partial charge in [-0.2, -0.15) is 0 Å². The summed E-state index contributed by atoms with van der Waals surface area (Å²) in [6, 6.07) is 22.7. The lowest BCUT2D eigenvalue weighted by molar-refractivity contribution is -0.383. The Hall–Kier alpha value is -4.33. The molecule has 4 rings (SSSR count). The predicted molar refractivity (Wildman–Crippen MR) is 119 cm³/mol. The van der Waals surface area contributed by atoms with E-state index in [-0.39, 0.29) is 23.4 Å². The van der Waals surface area contributed by atoms with Gasteiger partial charge >= 0.3 is 5.69 Å². The van der Waals surface area contributed by atoms with Crippen LogP contribution in [-0.2, 0) is 0 Å². The third-order valence-corrected chi connectivity index (χ3v) is 4.71. The number of pyridine rings is 1. The van der Waals surface area contributed by atoms with Crippen LogP contribution in [0, 0.1) is 17.0 Å². The van der Waals surface area contributed by atoms with E-state index in [0.717, 1.165) is 16.7 Å². The molecule has 0 saturated heterocycles. The summed E-state index contributed by atoms with van der Waals surface area (Å²) < 4.78 is 0. The Morgan fingerprint density at radius 3 is 2.06 bits per heavy atom. The zero-order chi connectivity index (χ0) is 21.6. The number of aryl methyl sites for hydroxylation is 1. The van der Waals surface area contributed by atoms with Crippen LogP contribution >= 0.6 is 0 Å². The zero-order valence-corrected chi connectivity index (χ0v) is 16.8. The molecule has 8 heteroatoms. The molecule has 31 heavy (non-hydrogen) atoms. The first-order chi connectivity index (χ1) is 15.1. The fourth-order valence-corrected chi connectivity index (χ4v) is 3.26. The number of nitrogens with zero attached hydrogens (tertiary/aromatic N) is 4. The maximum Gasteiger partial charge on any atom is 0.353 e. The number of hydrogen-bond donors (Lipinski definition) is 2. The summed E-state index contributed by atoms with van der Waals surface area (Å²) in [7, 11) is 0. The molecule has 2 heterocycles. The number of hydrogen-bond acceptors (Lipinski definition) is 7. The van der Waals surface area contributed by atoms with Crippen molar-refractivity contribution in [1.82, 2.24) is 15.0 Å². The van der Waals surface area contributed by atoms with Crippen LogP contribution in [0.5, 0.6) is 0 Å². The first kappa shape index (κ1) is 20.0. The molecule has 0 atom stereocenters. The van der Waals surface area contributed by atoms with Crippen molar-refractivity contribution in [2.75, 3.05) is 10.6 Å². The van der Waals surface area contributed by atoms with Gasteiger partial charge in [-0.15, -0.1) is 0 Å². The van der Waals surface area contributed by atoms with Crippen LogP contribution in [-0.4, -0.2) is 19.9 Å². The summed E-state index contributed by atoms with van der Waals surface area (Å²) in [6.45, 7) is 1.92. The van der Waals surface area contributed by atoms with Crippen molar-refractivity contribution in [3.8, 4) is 0 Å². The van der Waals surface area contributed by atoms with Gasteiger partial charge in [-0.05, 0) is 35.7 Å². The average Bonchev–Trinajstić information content (AvgIpc) is 2.78. The number of nitro groups is 1. The summed E-state index contributed by atoms with van der Waals surface area (Å²) in [5.41, 5.74) is 2.64. The lowest BCUT2D eigenvalue weighted by Crippen LogP contribution is -2.15. The summed E-state index contributed by atoms with van der Waals surface area (Å²) in [4.78, 5) is 24.0. The maximum absolute atomic E-state index is 12.0. The summed E-state index contributed by atoms with van der Waals surface area (Å²) in [5.74, 6) is 0.656. The van der Waals surface area contributed by atoms with Gasteiger partial charge in [0.05, 0.1) is 11.0 Å². The average molecular weight is 412 g/mol. The minimum Gasteiger partial charge on any atom is -0.353 e. The molecule has 0 saturated carbocycles. The molecule has 4 aromatic rings. The van der Waals surface area contributed by atoms with E-state index in [2.05, 4.69) is 25.6 Å². The fraction of sp³-hybridized carbons (Fsp3) is 0.0870. The highest BCUT2D eigenvalue weighted by Gasteiger charge is 2.26. The van der Waals surface area contributed by atoms with E-state index in [4.69, 9.17) is 0 Å². The molecule has 0 bridgehead atoms. The van der Waals surface area contributed by atoms with E-state index >= 15 is 0 Å². The number of aromatic nitrogens is 3. The van der Waals surface area contributed by atoms with Crippen molar-refractivity contribution < 1.29 is 4.92 Å². The Morgan fingerprint density at radius 1 is 0.871 bits per heavy atom. The highest BCUT2D eigenvalue weighted by atomic mass is 16.6. The Morgan fingerprint density at radius 2 is 1.48 bits per heavy atom. The summed E-state index contributed by atoms with van der Waals surface area (Å²) in [6.07, 6.45) is 2.92. The van der Waals surface area contributed by atoms with Crippen molar-refractivity contribution in [2.24, 2.45) is 0 Å². The van der Waals surface area contributed by atoms with E-state index in [1.54, 1.807) is 12.3 Å². The van der Waals surface area contributed by atoms with Gasteiger partial charge in [-0.1, -0.05) is 60.7 Å². The molecule has 0 aliphatic carbocycles. The van der Waals surface area contributed by atoms with Gasteiger partial charge in [0.1, 0.15) is 12.1 Å². The molecule has 0 fully saturated rings. The van der Waals surface area contributed by atoms with E-state index in [0.29, 0.717) is 5.82 Å². The molecule has 8 nitrogen and oxygen atoms in total. The molecule has 2 N–H and O–H groups in total. The standard InChI is InChI=1S/C23H20N6O2/c1-16-12-13-24-19(14-16)27-22-21(29(30)31)23(26-15-25-22)28-20(17-8-4-2-5-9-17)18-10-6-3-7-11-18/h2-15,20H,1H3,(H2,24,25,26,27,28). The van der Waals surface area contributed by atoms with Gasteiger partial charge in [0, 0.05) is 6.20 Å². The molecule has 0 spiro atoms. The molecule has 0 aliphatic rings. The number of anilines is 3. The second-order valence-corrected chi connectivity index (χ2v) is 6.92. The van der Waals surface area contributed by atoms with E-state index < -0.39 is 4.92 Å². The maximum atomic E-state index is 12.0. The van der Waals surface area contributed by atoms with Gasteiger partial charge < -0.3 is 10.6 Å². The third kappa shape index (κ3) is 4.64. The molecule has 0 aliphatic heterocycles. The topological polar surface area (TPSA) is 106 Å². The molecular formula is C23H20N6O2. The van der Waals surface area contributed by atoms with Crippen LogP contribution in [0.3, 0.4) is 0 Å². The normalized spacial score (nSPS) is 10.6. The Kier molecular flexibility index (Phi) is 5.79. The molecular weight excluding hydrogens is 392 g/mol. The lowest BCUT2D eigenvalue weighted by atomic mass is 9.99. The second-order valence-electron chi connectivity index (χ2n) is 6.92. The monoisotopic (exact) mass is 412 g/mol. The molecule has 2 aromatic heterocycles. The van der Waals surface area contributed by atoms with E-state index in [9.17, 15) is 10.1 Å².